The van der Waals surface area contributed by atoms with E-state index >= 15 is 0 Å². The molecule has 2 aliphatic rings. The van der Waals surface area contributed by atoms with Crippen molar-refractivity contribution in [2.24, 2.45) is 5.92 Å². The minimum atomic E-state index is -0.398. The third-order valence-electron chi connectivity index (χ3n) is 4.78. The van der Waals surface area contributed by atoms with E-state index < -0.39 is 5.60 Å². The molecular weight excluding hydrogens is 254 g/mol. The predicted molar refractivity (Wildman–Crippen MR) is 75.4 cm³/mol. The van der Waals surface area contributed by atoms with Crippen LogP contribution in [0.15, 0.2) is 12.4 Å². The third kappa shape index (κ3) is 2.79. The first-order valence-corrected chi connectivity index (χ1v) is 7.49. The zero-order chi connectivity index (χ0) is 14.0. The van der Waals surface area contributed by atoms with Gasteiger partial charge in [0.2, 0.25) is 0 Å². The van der Waals surface area contributed by atoms with Gasteiger partial charge in [-0.2, -0.15) is 0 Å². The first-order valence-electron chi connectivity index (χ1n) is 7.49. The maximum atomic E-state index is 10.7. The summed E-state index contributed by atoms with van der Waals surface area (Å²) in [5.74, 6) is 0.434. The Kier molecular flexibility index (Phi) is 3.89. The summed E-state index contributed by atoms with van der Waals surface area (Å²) in [5.41, 5.74) is 0.706. The molecule has 0 amide bonds. The lowest BCUT2D eigenvalue weighted by Gasteiger charge is -2.47. The summed E-state index contributed by atoms with van der Waals surface area (Å²) in [5, 5.41) is 10.7. The van der Waals surface area contributed by atoms with Crippen molar-refractivity contribution in [2.45, 2.75) is 44.2 Å². The highest BCUT2D eigenvalue weighted by atomic mass is 16.5. The maximum absolute atomic E-state index is 10.7. The monoisotopic (exact) mass is 277 g/mol. The van der Waals surface area contributed by atoms with Crippen molar-refractivity contribution in [2.75, 3.05) is 20.2 Å². The van der Waals surface area contributed by atoms with Gasteiger partial charge in [0, 0.05) is 43.5 Å². The van der Waals surface area contributed by atoms with E-state index in [-0.39, 0.29) is 0 Å². The average molecular weight is 277 g/mol. The first-order chi connectivity index (χ1) is 9.69. The Morgan fingerprint density at radius 2 is 2.15 bits per heavy atom. The van der Waals surface area contributed by atoms with Crippen LogP contribution < -0.4 is 4.74 Å². The van der Waals surface area contributed by atoms with Crippen molar-refractivity contribution in [3.63, 3.8) is 0 Å². The Hall–Kier alpha value is -1.20. The largest absolute Gasteiger partial charge is 0.467 e. The van der Waals surface area contributed by atoms with Crippen LogP contribution in [0.3, 0.4) is 0 Å². The van der Waals surface area contributed by atoms with Crippen LogP contribution in [-0.4, -0.2) is 45.8 Å². The number of hydrogen-bond donors (Lipinski definition) is 1. The predicted octanol–water partition coefficient (Wildman–Crippen LogP) is 1.61. The Balaban J connectivity index is 1.61. The van der Waals surface area contributed by atoms with Crippen LogP contribution in [0.2, 0.25) is 0 Å². The molecule has 1 N–H and O–H groups in total. The van der Waals surface area contributed by atoms with Crippen LogP contribution >= 0.6 is 0 Å². The fourth-order valence-electron chi connectivity index (χ4n) is 3.57. The highest BCUT2D eigenvalue weighted by Crippen LogP contribution is 2.39. The van der Waals surface area contributed by atoms with Gasteiger partial charge in [0.05, 0.1) is 12.7 Å². The molecule has 1 aromatic heterocycles. The summed E-state index contributed by atoms with van der Waals surface area (Å²) in [7, 11) is 1.57. The van der Waals surface area contributed by atoms with Crippen LogP contribution in [-0.2, 0) is 6.54 Å². The van der Waals surface area contributed by atoms with Gasteiger partial charge in [-0.3, -0.25) is 4.90 Å². The molecule has 2 atom stereocenters. The van der Waals surface area contributed by atoms with Crippen molar-refractivity contribution >= 4 is 0 Å². The molecule has 0 bridgehead atoms. The molecule has 3 rings (SSSR count). The summed E-state index contributed by atoms with van der Waals surface area (Å²) in [6.45, 7) is 2.80. The van der Waals surface area contributed by atoms with Crippen LogP contribution in [0.5, 0.6) is 6.01 Å². The number of likely N-dealkylation sites (tertiary alicyclic amines) is 1. The lowest BCUT2D eigenvalue weighted by atomic mass is 9.71. The molecule has 5 nitrogen and oxygen atoms in total. The Morgan fingerprint density at radius 1 is 1.35 bits per heavy atom. The van der Waals surface area contributed by atoms with Crippen molar-refractivity contribution in [3.05, 3.63) is 18.0 Å². The molecule has 0 radical (unpaired) electrons. The van der Waals surface area contributed by atoms with E-state index in [9.17, 15) is 5.11 Å². The van der Waals surface area contributed by atoms with Crippen LogP contribution in [0, 0.1) is 5.92 Å². The van der Waals surface area contributed by atoms with Gasteiger partial charge in [-0.15, -0.1) is 0 Å². The quantitative estimate of drug-likeness (QED) is 0.909. The van der Waals surface area contributed by atoms with Crippen molar-refractivity contribution < 1.29 is 9.84 Å². The highest BCUT2D eigenvalue weighted by Gasteiger charge is 2.42. The lowest BCUT2D eigenvalue weighted by Crippen LogP contribution is -2.52. The zero-order valence-corrected chi connectivity index (χ0v) is 12.1. The van der Waals surface area contributed by atoms with Crippen molar-refractivity contribution in [1.82, 2.24) is 14.9 Å². The third-order valence-corrected chi connectivity index (χ3v) is 4.78. The standard InChI is InChI=1S/C15H23N3O2/c1-20-14-16-8-12(9-17-14)10-18-7-6-15(19)5-3-2-4-13(15)11-18/h8-9,13,19H,2-7,10-11H2,1H3/t13-,15-/m0/s1. The summed E-state index contributed by atoms with van der Waals surface area (Å²) in [4.78, 5) is 10.7. The number of hydrogen-bond acceptors (Lipinski definition) is 5. The second kappa shape index (κ2) is 5.66. The molecule has 110 valence electrons. The van der Waals surface area contributed by atoms with Gasteiger partial charge in [0.15, 0.2) is 0 Å². The minimum Gasteiger partial charge on any atom is -0.467 e. The van der Waals surface area contributed by atoms with Gasteiger partial charge < -0.3 is 9.84 Å². The first kappa shape index (κ1) is 13.8. The Bertz CT molecular complexity index is 451. The van der Waals surface area contributed by atoms with E-state index in [1.807, 2.05) is 12.4 Å². The van der Waals surface area contributed by atoms with Crippen molar-refractivity contribution in [1.29, 1.82) is 0 Å². The summed E-state index contributed by atoms with van der Waals surface area (Å²) >= 11 is 0. The fourth-order valence-corrected chi connectivity index (χ4v) is 3.57. The van der Waals surface area contributed by atoms with E-state index in [1.165, 1.54) is 12.8 Å². The molecule has 0 spiro atoms. The normalized spacial score (nSPS) is 30.8. The van der Waals surface area contributed by atoms with Gasteiger partial charge in [0.25, 0.3) is 0 Å². The smallest absolute Gasteiger partial charge is 0.316 e. The number of rotatable bonds is 3. The number of nitrogens with zero attached hydrogens (tertiary/aromatic N) is 3. The summed E-state index contributed by atoms with van der Waals surface area (Å²) < 4.78 is 4.97. The van der Waals surface area contributed by atoms with Crippen LogP contribution in [0.1, 0.15) is 37.7 Å². The molecule has 1 saturated heterocycles. The van der Waals surface area contributed by atoms with E-state index in [4.69, 9.17) is 4.74 Å². The fraction of sp³-hybridized carbons (Fsp3) is 0.733. The van der Waals surface area contributed by atoms with E-state index in [2.05, 4.69) is 14.9 Å². The molecule has 2 fully saturated rings. The summed E-state index contributed by atoms with van der Waals surface area (Å²) in [6.07, 6.45) is 9.13. The zero-order valence-electron chi connectivity index (χ0n) is 12.1. The molecule has 1 aromatic rings. The van der Waals surface area contributed by atoms with Crippen LogP contribution in [0.4, 0.5) is 0 Å². The molecule has 0 unspecified atom stereocenters. The molecule has 2 heterocycles. The number of aliphatic hydroxyl groups is 1. The number of methoxy groups -OCH3 is 1. The van der Waals surface area contributed by atoms with Gasteiger partial charge >= 0.3 is 6.01 Å². The lowest BCUT2D eigenvalue weighted by molar-refractivity contribution is -0.0968. The molecule has 1 aliphatic carbocycles. The number of ether oxygens (including phenoxy) is 1. The molecule has 20 heavy (non-hydrogen) atoms. The second-order valence-electron chi connectivity index (χ2n) is 6.11. The summed E-state index contributed by atoms with van der Waals surface area (Å²) in [6, 6.07) is 0.411. The van der Waals surface area contributed by atoms with Gasteiger partial charge in [0.1, 0.15) is 0 Å². The molecule has 1 aliphatic heterocycles. The van der Waals surface area contributed by atoms with Crippen molar-refractivity contribution in [3.8, 4) is 6.01 Å². The number of aromatic nitrogens is 2. The Labute approximate surface area is 120 Å². The number of piperidine rings is 1. The molecular formula is C15H23N3O2. The minimum absolute atomic E-state index is 0.398. The topological polar surface area (TPSA) is 58.5 Å². The van der Waals surface area contributed by atoms with Crippen LogP contribution in [0.25, 0.3) is 0 Å². The average Bonchev–Trinajstić information content (AvgIpc) is 2.48. The van der Waals surface area contributed by atoms with E-state index in [0.717, 1.165) is 44.5 Å². The van der Waals surface area contributed by atoms with E-state index in [0.29, 0.717) is 11.9 Å². The highest BCUT2D eigenvalue weighted by molar-refractivity contribution is 5.08. The molecule has 1 saturated carbocycles. The molecule has 0 aromatic carbocycles. The SMILES string of the molecule is COc1ncc(CN2CC[C@@]3(O)CCCC[C@H]3C2)cn1. The van der Waals surface area contributed by atoms with Gasteiger partial charge in [-0.05, 0) is 19.3 Å². The Morgan fingerprint density at radius 3 is 2.90 bits per heavy atom. The van der Waals surface area contributed by atoms with Gasteiger partial charge in [-0.1, -0.05) is 12.8 Å². The molecule has 5 heteroatoms. The van der Waals surface area contributed by atoms with E-state index in [1.54, 1.807) is 7.11 Å². The maximum Gasteiger partial charge on any atom is 0.316 e. The number of fused-ring (bicyclic) bond motifs is 1. The van der Waals surface area contributed by atoms with Gasteiger partial charge in [-0.25, -0.2) is 9.97 Å². The second-order valence-corrected chi connectivity index (χ2v) is 6.11.